The lowest BCUT2D eigenvalue weighted by molar-refractivity contribution is 0.173. The Balaban J connectivity index is 3.01. The molecule has 19 heavy (non-hydrogen) atoms. The van der Waals surface area contributed by atoms with Crippen molar-refractivity contribution < 1.29 is 18.3 Å². The van der Waals surface area contributed by atoms with Crippen LogP contribution in [0.2, 0.25) is 0 Å². The molecule has 1 rings (SSSR count). The van der Waals surface area contributed by atoms with Gasteiger partial charge in [-0.15, -0.1) is 0 Å². The molecule has 1 unspecified atom stereocenters. The molecule has 1 N–H and O–H groups in total. The molecule has 0 heterocycles. The van der Waals surface area contributed by atoms with E-state index in [2.05, 4.69) is 0 Å². The maximum Gasteiger partial charge on any atom is 0.242 e. The van der Waals surface area contributed by atoms with Gasteiger partial charge in [0.15, 0.2) is 0 Å². The third kappa shape index (κ3) is 4.01. The minimum atomic E-state index is -3.53. The van der Waals surface area contributed by atoms with E-state index in [-0.39, 0.29) is 4.90 Å². The highest BCUT2D eigenvalue weighted by molar-refractivity contribution is 7.89. The summed E-state index contributed by atoms with van der Waals surface area (Å²) in [6.45, 7) is 2.48. The molecule has 0 spiro atoms. The van der Waals surface area contributed by atoms with Crippen molar-refractivity contribution >= 4 is 10.0 Å². The van der Waals surface area contributed by atoms with Crippen LogP contribution in [0.5, 0.6) is 0 Å². The summed E-state index contributed by atoms with van der Waals surface area (Å²) in [5.74, 6) is 0. The number of ether oxygens (including phenoxy) is 1. The van der Waals surface area contributed by atoms with Crippen LogP contribution in [0.25, 0.3) is 0 Å². The molecule has 0 aliphatic heterocycles. The predicted octanol–water partition coefficient (Wildman–Crippen LogP) is 1.40. The quantitative estimate of drug-likeness (QED) is 0.823. The fourth-order valence-electron chi connectivity index (χ4n) is 1.64. The Morgan fingerprint density at radius 1 is 1.42 bits per heavy atom. The molecule has 0 aliphatic rings. The Bertz CT molecular complexity index is 501. The Morgan fingerprint density at radius 2 is 2.11 bits per heavy atom. The fraction of sp³-hybridized carbons (Fsp3) is 0.538. The number of methoxy groups -OCH3 is 1. The Morgan fingerprint density at radius 3 is 2.68 bits per heavy atom. The van der Waals surface area contributed by atoms with Gasteiger partial charge in [0.2, 0.25) is 10.0 Å². The molecule has 1 aromatic carbocycles. The summed E-state index contributed by atoms with van der Waals surface area (Å²) >= 11 is 0. The zero-order valence-corrected chi connectivity index (χ0v) is 12.4. The number of nitrogens with zero attached hydrogens (tertiary/aromatic N) is 1. The summed E-state index contributed by atoms with van der Waals surface area (Å²) < 4.78 is 30.7. The minimum absolute atomic E-state index is 0.191. The van der Waals surface area contributed by atoms with E-state index in [4.69, 9.17) is 4.74 Å². The number of hydrogen-bond acceptors (Lipinski definition) is 4. The number of aliphatic hydroxyl groups excluding tert-OH is 1. The molecule has 0 bridgehead atoms. The third-order valence-corrected chi connectivity index (χ3v) is 4.80. The number of benzene rings is 1. The summed E-state index contributed by atoms with van der Waals surface area (Å²) in [4.78, 5) is 0.191. The summed E-state index contributed by atoms with van der Waals surface area (Å²) in [6.07, 6.45) is -0.0948. The smallest absolute Gasteiger partial charge is 0.242 e. The highest BCUT2D eigenvalue weighted by atomic mass is 32.2. The molecular weight excluding hydrogens is 266 g/mol. The maximum absolute atomic E-state index is 12.3. The van der Waals surface area contributed by atoms with E-state index in [0.717, 1.165) is 0 Å². The van der Waals surface area contributed by atoms with Crippen molar-refractivity contribution in [2.24, 2.45) is 0 Å². The van der Waals surface area contributed by atoms with Crippen LogP contribution in [0.1, 0.15) is 25.0 Å². The van der Waals surface area contributed by atoms with Crippen molar-refractivity contribution in [2.75, 3.05) is 27.3 Å². The van der Waals surface area contributed by atoms with Crippen molar-refractivity contribution in [3.05, 3.63) is 29.8 Å². The Hall–Kier alpha value is -0.950. The Labute approximate surface area is 114 Å². The molecule has 0 radical (unpaired) electrons. The lowest BCUT2D eigenvalue weighted by atomic mass is 10.1. The van der Waals surface area contributed by atoms with Gasteiger partial charge >= 0.3 is 0 Å². The maximum atomic E-state index is 12.3. The zero-order valence-electron chi connectivity index (χ0n) is 11.5. The second-order valence-corrected chi connectivity index (χ2v) is 6.36. The molecule has 0 saturated carbocycles. The van der Waals surface area contributed by atoms with E-state index in [1.54, 1.807) is 12.1 Å². The first kappa shape index (κ1) is 16.1. The average Bonchev–Trinajstić information content (AvgIpc) is 2.43. The van der Waals surface area contributed by atoms with Gasteiger partial charge in [-0.1, -0.05) is 19.1 Å². The molecule has 1 aromatic rings. The zero-order chi connectivity index (χ0) is 14.5. The molecule has 5 nitrogen and oxygen atoms in total. The molecule has 108 valence electrons. The van der Waals surface area contributed by atoms with Crippen LogP contribution in [-0.2, 0) is 14.8 Å². The van der Waals surface area contributed by atoms with Crippen molar-refractivity contribution in [3.63, 3.8) is 0 Å². The first-order chi connectivity index (χ1) is 8.93. The van der Waals surface area contributed by atoms with E-state index in [1.165, 1.54) is 30.6 Å². The largest absolute Gasteiger partial charge is 0.388 e. The van der Waals surface area contributed by atoms with E-state index in [9.17, 15) is 13.5 Å². The lowest BCUT2D eigenvalue weighted by Gasteiger charge is -2.17. The molecule has 0 aliphatic carbocycles. The van der Waals surface area contributed by atoms with Crippen LogP contribution >= 0.6 is 0 Å². The summed E-state index contributed by atoms with van der Waals surface area (Å²) in [5.41, 5.74) is 0.615. The summed E-state index contributed by atoms with van der Waals surface area (Å²) in [6, 6.07) is 6.42. The molecule has 0 fully saturated rings. The first-order valence-electron chi connectivity index (χ1n) is 6.16. The van der Waals surface area contributed by atoms with Crippen LogP contribution in [0.4, 0.5) is 0 Å². The first-order valence-corrected chi connectivity index (χ1v) is 7.60. The average molecular weight is 287 g/mol. The van der Waals surface area contributed by atoms with Crippen LogP contribution in [0, 0.1) is 0 Å². The van der Waals surface area contributed by atoms with Gasteiger partial charge < -0.3 is 9.84 Å². The van der Waals surface area contributed by atoms with Gasteiger partial charge in [0.25, 0.3) is 0 Å². The standard InChI is InChI=1S/C13H21NO4S/c1-4-13(15)11-6-5-7-12(10-11)19(16,17)14(2)8-9-18-3/h5-7,10,13,15H,4,8-9H2,1-3H3. The molecule has 6 heteroatoms. The number of aliphatic hydroxyl groups is 1. The number of likely N-dealkylation sites (N-methyl/N-ethyl adjacent to an activating group) is 1. The Kier molecular flexibility index (Phi) is 5.93. The summed E-state index contributed by atoms with van der Waals surface area (Å²) in [7, 11) is -0.496. The van der Waals surface area contributed by atoms with Gasteiger partial charge in [0, 0.05) is 20.7 Å². The van der Waals surface area contributed by atoms with Gasteiger partial charge in [-0.25, -0.2) is 8.42 Å². The molecule has 1 atom stereocenters. The van der Waals surface area contributed by atoms with Crippen molar-refractivity contribution in [2.45, 2.75) is 24.3 Å². The monoisotopic (exact) mass is 287 g/mol. The highest BCUT2D eigenvalue weighted by Crippen LogP contribution is 2.21. The number of sulfonamides is 1. The number of hydrogen-bond donors (Lipinski definition) is 1. The topological polar surface area (TPSA) is 66.8 Å². The lowest BCUT2D eigenvalue weighted by Crippen LogP contribution is -2.30. The minimum Gasteiger partial charge on any atom is -0.388 e. The van der Waals surface area contributed by atoms with Crippen LogP contribution < -0.4 is 0 Å². The number of rotatable bonds is 7. The predicted molar refractivity (Wildman–Crippen MR) is 73.4 cm³/mol. The van der Waals surface area contributed by atoms with Gasteiger partial charge in [0.05, 0.1) is 17.6 Å². The second kappa shape index (κ2) is 7.00. The van der Waals surface area contributed by atoms with Crippen molar-refractivity contribution in [1.82, 2.24) is 4.31 Å². The van der Waals surface area contributed by atoms with Gasteiger partial charge in [-0.3, -0.25) is 0 Å². The molecule has 0 amide bonds. The van der Waals surface area contributed by atoms with E-state index < -0.39 is 16.1 Å². The molecule has 0 saturated heterocycles. The van der Waals surface area contributed by atoms with Crippen LogP contribution in [-0.4, -0.2) is 45.1 Å². The molecule has 0 aromatic heterocycles. The molecular formula is C13H21NO4S. The van der Waals surface area contributed by atoms with Crippen molar-refractivity contribution in [3.8, 4) is 0 Å². The second-order valence-electron chi connectivity index (χ2n) is 4.32. The third-order valence-electron chi connectivity index (χ3n) is 2.95. The van der Waals surface area contributed by atoms with Gasteiger partial charge in [-0.2, -0.15) is 4.31 Å². The summed E-state index contributed by atoms with van der Waals surface area (Å²) in [5, 5.41) is 9.77. The van der Waals surface area contributed by atoms with Gasteiger partial charge in [-0.05, 0) is 24.1 Å². The van der Waals surface area contributed by atoms with E-state index >= 15 is 0 Å². The normalized spacial score (nSPS) is 13.7. The van der Waals surface area contributed by atoms with Gasteiger partial charge in [0.1, 0.15) is 0 Å². The van der Waals surface area contributed by atoms with Crippen molar-refractivity contribution in [1.29, 1.82) is 0 Å². The van der Waals surface area contributed by atoms with E-state index in [0.29, 0.717) is 25.1 Å². The fourth-order valence-corrected chi connectivity index (χ4v) is 2.85. The van der Waals surface area contributed by atoms with Crippen LogP contribution in [0.3, 0.4) is 0 Å². The SMILES string of the molecule is CCC(O)c1cccc(S(=O)(=O)N(C)CCOC)c1. The highest BCUT2D eigenvalue weighted by Gasteiger charge is 2.21. The van der Waals surface area contributed by atoms with E-state index in [1.807, 2.05) is 6.92 Å². The van der Waals surface area contributed by atoms with Crippen LogP contribution in [0.15, 0.2) is 29.2 Å².